The lowest BCUT2D eigenvalue weighted by molar-refractivity contribution is 0.232. The Bertz CT molecular complexity index is 419. The maximum Gasteiger partial charge on any atom is 0.127 e. The second-order valence-electron chi connectivity index (χ2n) is 4.24. The van der Waals surface area contributed by atoms with E-state index in [0.717, 1.165) is 38.3 Å². The molecule has 0 radical (unpaired) electrons. The van der Waals surface area contributed by atoms with Gasteiger partial charge in [-0.15, -0.1) is 0 Å². The lowest BCUT2D eigenvalue weighted by atomic mass is 10.0. The molecule has 1 aromatic carbocycles. The molecule has 1 heterocycles. The number of nitriles is 1. The predicted octanol–water partition coefficient (Wildman–Crippen LogP) is 1.30. The molecule has 0 unspecified atom stereocenters. The van der Waals surface area contributed by atoms with Crippen molar-refractivity contribution in [3.63, 3.8) is 0 Å². The van der Waals surface area contributed by atoms with E-state index in [1.54, 1.807) is 6.07 Å². The van der Waals surface area contributed by atoms with Crippen LogP contribution in [0, 0.1) is 17.1 Å². The second-order valence-corrected chi connectivity index (χ2v) is 4.24. The van der Waals surface area contributed by atoms with Gasteiger partial charge in [-0.2, -0.15) is 5.26 Å². The Kier molecular flexibility index (Phi) is 4.08. The predicted molar refractivity (Wildman–Crippen MR) is 63.9 cm³/mol. The van der Waals surface area contributed by atoms with Gasteiger partial charge in [-0.3, -0.25) is 4.90 Å². The number of benzene rings is 1. The molecule has 3 nitrogen and oxygen atoms in total. The van der Waals surface area contributed by atoms with Crippen LogP contribution in [-0.4, -0.2) is 31.1 Å². The summed E-state index contributed by atoms with van der Waals surface area (Å²) in [7, 11) is 0. The third kappa shape index (κ3) is 3.02. The summed E-state index contributed by atoms with van der Waals surface area (Å²) in [5, 5.41) is 12.0. The van der Waals surface area contributed by atoms with Crippen molar-refractivity contribution >= 4 is 0 Å². The van der Waals surface area contributed by atoms with Crippen LogP contribution in [0.25, 0.3) is 0 Å². The molecule has 0 aromatic heterocycles. The van der Waals surface area contributed by atoms with E-state index in [1.165, 1.54) is 6.07 Å². The van der Waals surface area contributed by atoms with Gasteiger partial charge in [0, 0.05) is 38.3 Å². The summed E-state index contributed by atoms with van der Waals surface area (Å²) in [6.07, 6.45) is 0.147. The van der Waals surface area contributed by atoms with Crippen LogP contribution in [-0.2, 0) is 13.0 Å². The van der Waals surface area contributed by atoms with E-state index in [2.05, 4.69) is 10.2 Å². The van der Waals surface area contributed by atoms with E-state index in [4.69, 9.17) is 5.26 Å². The minimum Gasteiger partial charge on any atom is -0.314 e. The zero-order chi connectivity index (χ0) is 12.1. The third-order valence-electron chi connectivity index (χ3n) is 3.08. The van der Waals surface area contributed by atoms with Crippen LogP contribution in [0.1, 0.15) is 11.1 Å². The number of hydrogen-bond donors (Lipinski definition) is 1. The SMILES string of the molecule is N#CCc1c(F)cccc1CN1CCNCC1. The molecule has 1 aromatic rings. The maximum absolute atomic E-state index is 13.6. The highest BCUT2D eigenvalue weighted by Crippen LogP contribution is 2.16. The molecule has 4 heteroatoms. The molecule has 0 spiro atoms. The average molecular weight is 233 g/mol. The van der Waals surface area contributed by atoms with Crippen molar-refractivity contribution in [2.45, 2.75) is 13.0 Å². The first-order valence-electron chi connectivity index (χ1n) is 5.87. The molecule has 2 rings (SSSR count). The maximum atomic E-state index is 13.6. The topological polar surface area (TPSA) is 39.1 Å². The Morgan fingerprint density at radius 1 is 1.35 bits per heavy atom. The second kappa shape index (κ2) is 5.76. The molecule has 1 fully saturated rings. The van der Waals surface area contributed by atoms with Gasteiger partial charge >= 0.3 is 0 Å². The normalized spacial score (nSPS) is 16.7. The van der Waals surface area contributed by atoms with E-state index < -0.39 is 0 Å². The first-order valence-corrected chi connectivity index (χ1v) is 5.87. The van der Waals surface area contributed by atoms with Crippen molar-refractivity contribution in [3.8, 4) is 6.07 Å². The number of halogens is 1. The molecule has 90 valence electrons. The monoisotopic (exact) mass is 233 g/mol. The fourth-order valence-electron chi connectivity index (χ4n) is 2.14. The Balaban J connectivity index is 2.14. The van der Waals surface area contributed by atoms with Gasteiger partial charge < -0.3 is 5.32 Å². The van der Waals surface area contributed by atoms with Gasteiger partial charge in [-0.1, -0.05) is 12.1 Å². The highest BCUT2D eigenvalue weighted by molar-refractivity contribution is 5.31. The van der Waals surface area contributed by atoms with Crippen LogP contribution < -0.4 is 5.32 Å². The van der Waals surface area contributed by atoms with Gasteiger partial charge in [0.05, 0.1) is 12.5 Å². The summed E-state index contributed by atoms with van der Waals surface area (Å²) in [5.74, 6) is -0.265. The van der Waals surface area contributed by atoms with Crippen molar-refractivity contribution < 1.29 is 4.39 Å². The number of piperazine rings is 1. The highest BCUT2D eigenvalue weighted by atomic mass is 19.1. The molecular formula is C13H16FN3. The summed E-state index contributed by atoms with van der Waals surface area (Å²) in [6, 6.07) is 7.09. The van der Waals surface area contributed by atoms with Crippen LogP contribution in [0.3, 0.4) is 0 Å². The molecule has 0 amide bonds. The van der Waals surface area contributed by atoms with E-state index in [1.807, 2.05) is 12.1 Å². The molecule has 1 aliphatic heterocycles. The molecule has 17 heavy (non-hydrogen) atoms. The number of hydrogen-bond acceptors (Lipinski definition) is 3. The fourth-order valence-corrected chi connectivity index (χ4v) is 2.14. The number of nitrogens with one attached hydrogen (secondary N) is 1. The van der Waals surface area contributed by atoms with Crippen LogP contribution >= 0.6 is 0 Å². The van der Waals surface area contributed by atoms with E-state index in [9.17, 15) is 4.39 Å². The van der Waals surface area contributed by atoms with Crippen molar-refractivity contribution in [2.75, 3.05) is 26.2 Å². The molecule has 0 saturated carbocycles. The van der Waals surface area contributed by atoms with Crippen molar-refractivity contribution in [3.05, 3.63) is 35.1 Å². The zero-order valence-electron chi connectivity index (χ0n) is 9.75. The van der Waals surface area contributed by atoms with Gasteiger partial charge in [0.2, 0.25) is 0 Å². The Morgan fingerprint density at radius 2 is 2.12 bits per heavy atom. The number of rotatable bonds is 3. The standard InChI is InChI=1S/C13H16FN3/c14-13-3-1-2-11(12(13)4-5-15)10-17-8-6-16-7-9-17/h1-3,16H,4,6-10H2. The Morgan fingerprint density at radius 3 is 2.82 bits per heavy atom. The Hall–Kier alpha value is -1.44. The van der Waals surface area contributed by atoms with Crippen molar-refractivity contribution in [1.29, 1.82) is 5.26 Å². The smallest absolute Gasteiger partial charge is 0.127 e. The molecule has 1 saturated heterocycles. The van der Waals surface area contributed by atoms with Crippen LogP contribution in [0.2, 0.25) is 0 Å². The van der Waals surface area contributed by atoms with Gasteiger partial charge in [0.1, 0.15) is 5.82 Å². The quantitative estimate of drug-likeness (QED) is 0.855. The summed E-state index contributed by atoms with van der Waals surface area (Å²) in [6.45, 7) is 4.63. The van der Waals surface area contributed by atoms with E-state index >= 15 is 0 Å². The Labute approximate surface area is 101 Å². The van der Waals surface area contributed by atoms with Gasteiger partial charge in [0.25, 0.3) is 0 Å². The lowest BCUT2D eigenvalue weighted by Crippen LogP contribution is -2.43. The van der Waals surface area contributed by atoms with Crippen LogP contribution in [0.15, 0.2) is 18.2 Å². The molecule has 1 aliphatic rings. The lowest BCUT2D eigenvalue weighted by Gasteiger charge is -2.27. The molecular weight excluding hydrogens is 217 g/mol. The summed E-state index contributed by atoms with van der Waals surface area (Å²) >= 11 is 0. The first-order chi connectivity index (χ1) is 8.31. The van der Waals surface area contributed by atoms with Crippen molar-refractivity contribution in [1.82, 2.24) is 10.2 Å². The third-order valence-corrected chi connectivity index (χ3v) is 3.08. The molecule has 0 bridgehead atoms. The van der Waals surface area contributed by atoms with Gasteiger partial charge in [-0.05, 0) is 11.6 Å². The molecule has 0 aliphatic carbocycles. The first kappa shape index (κ1) is 12.0. The largest absolute Gasteiger partial charge is 0.314 e. The summed E-state index contributed by atoms with van der Waals surface area (Å²) in [4.78, 5) is 2.28. The zero-order valence-corrected chi connectivity index (χ0v) is 9.75. The fraction of sp³-hybridized carbons (Fsp3) is 0.462. The van der Waals surface area contributed by atoms with Gasteiger partial charge in [-0.25, -0.2) is 4.39 Å². The molecule has 1 N–H and O–H groups in total. The van der Waals surface area contributed by atoms with Crippen molar-refractivity contribution in [2.24, 2.45) is 0 Å². The summed E-state index contributed by atoms with van der Waals surface area (Å²) in [5.41, 5.74) is 1.49. The minimum absolute atomic E-state index is 0.147. The van der Waals surface area contributed by atoms with E-state index in [0.29, 0.717) is 5.56 Å². The van der Waals surface area contributed by atoms with Crippen LogP contribution in [0.4, 0.5) is 4.39 Å². The minimum atomic E-state index is -0.265. The average Bonchev–Trinajstić information content (AvgIpc) is 2.35. The number of nitrogens with zero attached hydrogens (tertiary/aromatic N) is 2. The van der Waals surface area contributed by atoms with Crippen LogP contribution in [0.5, 0.6) is 0 Å². The summed E-state index contributed by atoms with van der Waals surface area (Å²) < 4.78 is 13.6. The van der Waals surface area contributed by atoms with Gasteiger partial charge in [0.15, 0.2) is 0 Å². The highest BCUT2D eigenvalue weighted by Gasteiger charge is 2.14. The molecule has 0 atom stereocenters. The van der Waals surface area contributed by atoms with E-state index in [-0.39, 0.29) is 12.2 Å².